The molecule has 0 fully saturated rings. The van der Waals surface area contributed by atoms with Gasteiger partial charge in [0, 0.05) is 24.4 Å². The molecule has 0 spiro atoms. The molecule has 1 aromatic heterocycles. The summed E-state index contributed by atoms with van der Waals surface area (Å²) in [5.41, 5.74) is 1.32. The molecule has 5 nitrogen and oxygen atoms in total. The van der Waals surface area contributed by atoms with Crippen LogP contribution in [0.5, 0.6) is 5.75 Å². The molecular formula is C16H15FN2O3. The van der Waals surface area contributed by atoms with Crippen LogP contribution in [-0.2, 0) is 6.42 Å². The largest absolute Gasteiger partial charge is 0.508 e. The van der Waals surface area contributed by atoms with Crippen molar-refractivity contribution < 1.29 is 19.1 Å². The number of halogens is 1. The average Bonchev–Trinajstić information content (AvgIpc) is 2.86. The first-order valence-electron chi connectivity index (χ1n) is 6.99. The molecule has 3 rings (SSSR count). The van der Waals surface area contributed by atoms with E-state index in [0.29, 0.717) is 18.4 Å². The number of hydrogen-bond donors (Lipinski definition) is 3. The molecule has 114 valence electrons. The maximum atomic E-state index is 13.7. The number of rotatable bonds is 2. The Hall–Kier alpha value is -2.63. The van der Waals surface area contributed by atoms with Crippen LogP contribution in [0.25, 0.3) is 0 Å². The fraction of sp³-hybridized carbons (Fsp3) is 0.250. The van der Waals surface area contributed by atoms with Crippen molar-refractivity contribution >= 4 is 17.4 Å². The van der Waals surface area contributed by atoms with Crippen molar-refractivity contribution in [2.75, 3.05) is 5.32 Å². The number of carbonyl (C=O) groups is 2. The Morgan fingerprint density at radius 3 is 2.91 bits per heavy atom. The van der Waals surface area contributed by atoms with Gasteiger partial charge in [0.2, 0.25) is 0 Å². The van der Waals surface area contributed by atoms with Gasteiger partial charge >= 0.3 is 0 Å². The summed E-state index contributed by atoms with van der Waals surface area (Å²) in [6.07, 6.45) is 2.59. The van der Waals surface area contributed by atoms with Crippen molar-refractivity contribution in [1.29, 1.82) is 0 Å². The molecular weight excluding hydrogens is 287 g/mol. The second kappa shape index (κ2) is 5.29. The number of Topliss-reactive ketones (excluding diaryl/α,β-unsaturated/α-hetero) is 1. The Kier molecular flexibility index (Phi) is 3.44. The average molecular weight is 302 g/mol. The number of aromatic amines is 1. The highest BCUT2D eigenvalue weighted by atomic mass is 19.1. The number of fused-ring (bicyclic) bond motifs is 1. The van der Waals surface area contributed by atoms with Crippen LogP contribution in [0, 0.1) is 11.7 Å². The lowest BCUT2D eigenvalue weighted by Gasteiger charge is -2.17. The van der Waals surface area contributed by atoms with E-state index in [1.807, 2.05) is 6.92 Å². The molecule has 1 amide bonds. The lowest BCUT2D eigenvalue weighted by atomic mass is 9.86. The minimum Gasteiger partial charge on any atom is -0.508 e. The first-order valence-corrected chi connectivity index (χ1v) is 6.99. The first kappa shape index (κ1) is 14.3. The summed E-state index contributed by atoms with van der Waals surface area (Å²) in [5, 5.41) is 11.6. The molecule has 22 heavy (non-hydrogen) atoms. The lowest BCUT2D eigenvalue weighted by molar-refractivity contribution is 0.0940. The van der Waals surface area contributed by atoms with Crippen LogP contribution in [-0.4, -0.2) is 21.8 Å². The van der Waals surface area contributed by atoms with E-state index in [2.05, 4.69) is 10.3 Å². The number of H-pyrrole nitrogens is 1. The van der Waals surface area contributed by atoms with E-state index in [1.54, 1.807) is 0 Å². The van der Waals surface area contributed by atoms with Crippen molar-refractivity contribution in [3.63, 3.8) is 0 Å². The van der Waals surface area contributed by atoms with Crippen molar-refractivity contribution in [3.8, 4) is 5.75 Å². The number of ketones is 1. The van der Waals surface area contributed by atoms with Gasteiger partial charge in [-0.1, -0.05) is 6.92 Å². The summed E-state index contributed by atoms with van der Waals surface area (Å²) in [6.45, 7) is 1.98. The number of anilines is 1. The molecule has 1 heterocycles. The van der Waals surface area contributed by atoms with Crippen molar-refractivity contribution in [3.05, 3.63) is 47.0 Å². The smallest absolute Gasteiger partial charge is 0.258 e. The number of carbonyl (C=O) groups excluding carboxylic acids is 2. The van der Waals surface area contributed by atoms with Crippen LogP contribution >= 0.6 is 0 Å². The Morgan fingerprint density at radius 2 is 2.18 bits per heavy atom. The zero-order valence-electron chi connectivity index (χ0n) is 11.9. The second-order valence-corrected chi connectivity index (χ2v) is 5.61. The van der Waals surface area contributed by atoms with Gasteiger partial charge in [0.25, 0.3) is 5.91 Å². The molecule has 1 aliphatic carbocycles. The Labute approximate surface area is 126 Å². The highest BCUT2D eigenvalue weighted by Crippen LogP contribution is 2.28. The van der Waals surface area contributed by atoms with E-state index in [1.165, 1.54) is 18.3 Å². The van der Waals surface area contributed by atoms with Crippen LogP contribution in [0.1, 0.15) is 39.8 Å². The molecule has 2 aromatic rings. The Balaban J connectivity index is 1.89. The number of hydrogen-bond acceptors (Lipinski definition) is 3. The number of benzene rings is 1. The normalized spacial score (nSPS) is 17.2. The minimum atomic E-state index is -0.738. The quantitative estimate of drug-likeness (QED) is 0.746. The molecule has 0 radical (unpaired) electrons. The third kappa shape index (κ3) is 2.47. The van der Waals surface area contributed by atoms with E-state index >= 15 is 0 Å². The molecule has 1 atom stereocenters. The highest BCUT2D eigenvalue weighted by Gasteiger charge is 2.29. The van der Waals surface area contributed by atoms with Gasteiger partial charge in [0.15, 0.2) is 5.78 Å². The molecule has 1 unspecified atom stereocenters. The molecule has 0 saturated carbocycles. The van der Waals surface area contributed by atoms with Crippen molar-refractivity contribution in [2.24, 2.45) is 5.92 Å². The van der Waals surface area contributed by atoms with Gasteiger partial charge in [-0.3, -0.25) is 9.59 Å². The third-order valence-corrected chi connectivity index (χ3v) is 3.77. The third-order valence-electron chi connectivity index (χ3n) is 3.77. The Morgan fingerprint density at radius 1 is 1.41 bits per heavy atom. The highest BCUT2D eigenvalue weighted by molar-refractivity contribution is 6.13. The number of aromatic nitrogens is 1. The standard InChI is InChI=1S/C16H15FN2O3/c1-8-4-13-15(14(21)5-8)10(7-18-13)16(22)19-12-3-2-9(20)6-11(12)17/h2-3,6-8,18,20H,4-5H2,1H3,(H,19,22). The Bertz CT molecular complexity index is 767. The van der Waals surface area contributed by atoms with Gasteiger partial charge < -0.3 is 15.4 Å². The van der Waals surface area contributed by atoms with Crippen LogP contribution < -0.4 is 5.32 Å². The summed E-state index contributed by atoms with van der Waals surface area (Å²) >= 11 is 0. The molecule has 0 saturated heterocycles. The fourth-order valence-electron chi connectivity index (χ4n) is 2.76. The van der Waals surface area contributed by atoms with Crippen molar-refractivity contribution in [1.82, 2.24) is 4.98 Å². The number of phenolic OH excluding ortho intramolecular Hbond substituents is 1. The second-order valence-electron chi connectivity index (χ2n) is 5.61. The topological polar surface area (TPSA) is 82.2 Å². The summed E-state index contributed by atoms with van der Waals surface area (Å²) in [4.78, 5) is 27.4. The predicted octanol–water partition coefficient (Wildman–Crippen LogP) is 2.88. The number of amides is 1. The van der Waals surface area contributed by atoms with Gasteiger partial charge in [0.1, 0.15) is 11.6 Å². The van der Waals surface area contributed by atoms with Gasteiger partial charge in [-0.25, -0.2) is 4.39 Å². The van der Waals surface area contributed by atoms with Gasteiger partial charge in [-0.2, -0.15) is 0 Å². The summed E-state index contributed by atoms with van der Waals surface area (Å²) in [6, 6.07) is 3.46. The summed E-state index contributed by atoms with van der Waals surface area (Å²) < 4.78 is 13.7. The zero-order chi connectivity index (χ0) is 15.9. The lowest BCUT2D eigenvalue weighted by Crippen LogP contribution is -2.21. The van der Waals surface area contributed by atoms with Crippen LogP contribution in [0.2, 0.25) is 0 Å². The number of phenols is 1. The van der Waals surface area contributed by atoms with E-state index in [4.69, 9.17) is 0 Å². The number of aromatic hydroxyl groups is 1. The van der Waals surface area contributed by atoms with Crippen LogP contribution in [0.3, 0.4) is 0 Å². The number of nitrogens with one attached hydrogen (secondary N) is 2. The fourth-order valence-corrected chi connectivity index (χ4v) is 2.76. The monoisotopic (exact) mass is 302 g/mol. The van der Waals surface area contributed by atoms with Crippen molar-refractivity contribution in [2.45, 2.75) is 19.8 Å². The maximum Gasteiger partial charge on any atom is 0.258 e. The SMILES string of the molecule is CC1CC(=O)c2c(C(=O)Nc3ccc(O)cc3F)c[nH]c2C1. The first-order chi connectivity index (χ1) is 10.5. The molecule has 3 N–H and O–H groups in total. The molecule has 0 bridgehead atoms. The minimum absolute atomic E-state index is 0.0469. The van der Waals surface area contributed by atoms with E-state index in [0.717, 1.165) is 11.8 Å². The van der Waals surface area contributed by atoms with E-state index in [9.17, 15) is 19.1 Å². The van der Waals surface area contributed by atoms with Gasteiger partial charge in [-0.05, 0) is 24.5 Å². The van der Waals surface area contributed by atoms with E-state index in [-0.39, 0.29) is 28.7 Å². The molecule has 1 aliphatic rings. The molecule has 0 aliphatic heterocycles. The van der Waals surface area contributed by atoms with E-state index < -0.39 is 11.7 Å². The predicted molar refractivity (Wildman–Crippen MR) is 78.6 cm³/mol. The van der Waals surface area contributed by atoms with Gasteiger partial charge in [-0.15, -0.1) is 0 Å². The zero-order valence-corrected chi connectivity index (χ0v) is 11.9. The summed E-state index contributed by atoms with van der Waals surface area (Å²) in [7, 11) is 0. The summed E-state index contributed by atoms with van der Waals surface area (Å²) in [5.74, 6) is -1.35. The molecule has 1 aromatic carbocycles. The molecule has 6 heteroatoms. The van der Waals surface area contributed by atoms with Crippen LogP contribution in [0.4, 0.5) is 10.1 Å². The maximum absolute atomic E-state index is 13.7. The van der Waals surface area contributed by atoms with Crippen LogP contribution in [0.15, 0.2) is 24.4 Å². The van der Waals surface area contributed by atoms with Gasteiger partial charge in [0.05, 0.1) is 16.8 Å².